The molecule has 0 atom stereocenters. The molecule has 0 spiro atoms. The summed E-state index contributed by atoms with van der Waals surface area (Å²) in [7, 11) is 1.39. The maximum Gasteiger partial charge on any atom is 0.573 e. The van der Waals surface area contributed by atoms with Crippen LogP contribution in [0.25, 0.3) is 0 Å². The van der Waals surface area contributed by atoms with E-state index >= 15 is 0 Å². The van der Waals surface area contributed by atoms with E-state index in [0.717, 1.165) is 5.56 Å². The summed E-state index contributed by atoms with van der Waals surface area (Å²) in [5.41, 5.74) is 0.730. The number of alkyl halides is 3. The Balaban J connectivity index is 2.97. The van der Waals surface area contributed by atoms with Gasteiger partial charge in [0.2, 0.25) is 0 Å². The van der Waals surface area contributed by atoms with Crippen molar-refractivity contribution in [2.75, 3.05) is 7.11 Å². The summed E-state index contributed by atoms with van der Waals surface area (Å²) in [5.74, 6) is 0.104. The highest BCUT2D eigenvalue weighted by atomic mass is 19.4. The maximum atomic E-state index is 11.9. The Morgan fingerprint density at radius 2 is 1.73 bits per heavy atom. The molecule has 0 aliphatic rings. The van der Waals surface area contributed by atoms with Crippen molar-refractivity contribution in [1.82, 2.24) is 0 Å². The van der Waals surface area contributed by atoms with E-state index in [2.05, 4.69) is 4.74 Å². The lowest BCUT2D eigenvalue weighted by Crippen LogP contribution is -2.17. The van der Waals surface area contributed by atoms with E-state index in [0.29, 0.717) is 12.2 Å². The standard InChI is InChI=1S/C10H11F3O2/c1-3-7-4-8(14-2)6-9(5-7)15-10(11,12)13/h4-6H,3H2,1-2H3. The van der Waals surface area contributed by atoms with Gasteiger partial charge in [0.1, 0.15) is 11.5 Å². The second-order valence-electron chi connectivity index (χ2n) is 2.92. The molecule has 0 fully saturated rings. The van der Waals surface area contributed by atoms with Crippen molar-refractivity contribution in [1.29, 1.82) is 0 Å². The Morgan fingerprint density at radius 3 is 2.20 bits per heavy atom. The lowest BCUT2D eigenvalue weighted by Gasteiger charge is -2.11. The van der Waals surface area contributed by atoms with Crippen molar-refractivity contribution in [3.05, 3.63) is 23.8 Å². The number of rotatable bonds is 3. The molecule has 0 aliphatic carbocycles. The molecule has 84 valence electrons. The van der Waals surface area contributed by atoms with Crippen molar-refractivity contribution in [2.45, 2.75) is 19.7 Å². The van der Waals surface area contributed by atoms with E-state index in [1.54, 1.807) is 6.07 Å². The van der Waals surface area contributed by atoms with Crippen LogP contribution in [0.4, 0.5) is 13.2 Å². The number of halogens is 3. The Labute approximate surface area is 85.6 Å². The van der Waals surface area contributed by atoms with Crippen LogP contribution in [0, 0.1) is 0 Å². The fourth-order valence-corrected chi connectivity index (χ4v) is 1.15. The first kappa shape index (κ1) is 11.7. The number of hydrogen-bond acceptors (Lipinski definition) is 2. The number of aryl methyl sites for hydroxylation is 1. The summed E-state index contributed by atoms with van der Waals surface area (Å²) in [6.45, 7) is 1.84. The van der Waals surface area contributed by atoms with Crippen LogP contribution < -0.4 is 9.47 Å². The van der Waals surface area contributed by atoms with Crippen molar-refractivity contribution in [2.24, 2.45) is 0 Å². The summed E-state index contributed by atoms with van der Waals surface area (Å²) < 4.78 is 44.5. The lowest BCUT2D eigenvalue weighted by atomic mass is 10.1. The lowest BCUT2D eigenvalue weighted by molar-refractivity contribution is -0.274. The van der Waals surface area contributed by atoms with Crippen LogP contribution in [0.3, 0.4) is 0 Å². The minimum absolute atomic E-state index is 0.251. The Morgan fingerprint density at radius 1 is 1.13 bits per heavy atom. The van der Waals surface area contributed by atoms with Gasteiger partial charge in [0.15, 0.2) is 0 Å². The molecule has 0 radical (unpaired) electrons. The topological polar surface area (TPSA) is 18.5 Å². The third-order valence-corrected chi connectivity index (χ3v) is 1.82. The van der Waals surface area contributed by atoms with Gasteiger partial charge in [-0.1, -0.05) is 6.92 Å². The summed E-state index contributed by atoms with van der Waals surface area (Å²) in [5, 5.41) is 0. The van der Waals surface area contributed by atoms with E-state index in [4.69, 9.17) is 4.74 Å². The Bertz CT molecular complexity index is 312. The van der Waals surface area contributed by atoms with Crippen molar-refractivity contribution >= 4 is 0 Å². The molecule has 0 saturated carbocycles. The van der Waals surface area contributed by atoms with Gasteiger partial charge < -0.3 is 9.47 Å². The molecule has 15 heavy (non-hydrogen) atoms. The van der Waals surface area contributed by atoms with Gasteiger partial charge in [0, 0.05) is 6.07 Å². The van der Waals surface area contributed by atoms with E-state index in [9.17, 15) is 13.2 Å². The van der Waals surface area contributed by atoms with E-state index in [1.807, 2.05) is 6.92 Å². The maximum absolute atomic E-state index is 11.9. The molecule has 2 nitrogen and oxygen atoms in total. The molecular weight excluding hydrogens is 209 g/mol. The van der Waals surface area contributed by atoms with Crippen LogP contribution >= 0.6 is 0 Å². The summed E-state index contributed by atoms with van der Waals surface area (Å²) in [6, 6.07) is 4.21. The minimum Gasteiger partial charge on any atom is -0.497 e. The molecule has 0 aromatic heterocycles. The van der Waals surface area contributed by atoms with Crippen molar-refractivity contribution in [3.63, 3.8) is 0 Å². The summed E-state index contributed by atoms with van der Waals surface area (Å²) in [4.78, 5) is 0. The van der Waals surface area contributed by atoms with Crippen molar-refractivity contribution < 1.29 is 22.6 Å². The number of hydrogen-bond donors (Lipinski definition) is 0. The number of methoxy groups -OCH3 is 1. The highest BCUT2D eigenvalue weighted by Gasteiger charge is 2.31. The third-order valence-electron chi connectivity index (χ3n) is 1.82. The predicted molar refractivity (Wildman–Crippen MR) is 49.1 cm³/mol. The van der Waals surface area contributed by atoms with E-state index < -0.39 is 6.36 Å². The average Bonchev–Trinajstić information content (AvgIpc) is 2.14. The first-order valence-corrected chi connectivity index (χ1v) is 4.38. The smallest absolute Gasteiger partial charge is 0.497 e. The zero-order chi connectivity index (χ0) is 11.5. The van der Waals surface area contributed by atoms with Gasteiger partial charge in [-0.2, -0.15) is 0 Å². The molecule has 1 rings (SSSR count). The number of benzene rings is 1. The van der Waals surface area contributed by atoms with Gasteiger partial charge in [0.25, 0.3) is 0 Å². The van der Waals surface area contributed by atoms with Crippen LogP contribution in [-0.2, 0) is 6.42 Å². The molecule has 0 aliphatic heterocycles. The summed E-state index contributed by atoms with van der Waals surface area (Å²) >= 11 is 0. The van der Waals surface area contributed by atoms with E-state index in [-0.39, 0.29) is 5.75 Å². The second kappa shape index (κ2) is 4.42. The Kier molecular flexibility index (Phi) is 3.44. The molecular formula is C10H11F3O2. The van der Waals surface area contributed by atoms with Gasteiger partial charge >= 0.3 is 6.36 Å². The molecule has 0 heterocycles. The largest absolute Gasteiger partial charge is 0.573 e. The highest BCUT2D eigenvalue weighted by molar-refractivity contribution is 5.38. The quantitative estimate of drug-likeness (QED) is 0.779. The molecule has 1 aromatic rings. The van der Waals surface area contributed by atoms with Crippen LogP contribution in [-0.4, -0.2) is 13.5 Å². The van der Waals surface area contributed by atoms with Crippen LogP contribution in [0.1, 0.15) is 12.5 Å². The average molecular weight is 220 g/mol. The fraction of sp³-hybridized carbons (Fsp3) is 0.400. The van der Waals surface area contributed by atoms with Crippen LogP contribution in [0.15, 0.2) is 18.2 Å². The molecule has 0 N–H and O–H groups in total. The van der Waals surface area contributed by atoms with E-state index in [1.165, 1.54) is 19.2 Å². The molecule has 0 saturated heterocycles. The Hall–Kier alpha value is -1.39. The second-order valence-corrected chi connectivity index (χ2v) is 2.92. The molecule has 0 unspecified atom stereocenters. The molecule has 0 amide bonds. The minimum atomic E-state index is -4.67. The number of ether oxygens (including phenoxy) is 2. The fourth-order valence-electron chi connectivity index (χ4n) is 1.15. The molecule has 0 bridgehead atoms. The monoisotopic (exact) mass is 220 g/mol. The molecule has 1 aromatic carbocycles. The van der Waals surface area contributed by atoms with Gasteiger partial charge in [-0.15, -0.1) is 13.2 Å². The highest BCUT2D eigenvalue weighted by Crippen LogP contribution is 2.28. The summed E-state index contributed by atoms with van der Waals surface area (Å²) in [6.07, 6.45) is -4.05. The first-order valence-electron chi connectivity index (χ1n) is 4.38. The van der Waals surface area contributed by atoms with Crippen LogP contribution in [0.2, 0.25) is 0 Å². The zero-order valence-corrected chi connectivity index (χ0v) is 8.39. The normalized spacial score (nSPS) is 11.3. The van der Waals surface area contributed by atoms with Gasteiger partial charge in [-0.3, -0.25) is 0 Å². The van der Waals surface area contributed by atoms with Crippen molar-refractivity contribution in [3.8, 4) is 11.5 Å². The predicted octanol–water partition coefficient (Wildman–Crippen LogP) is 3.16. The molecule has 5 heteroatoms. The first-order chi connectivity index (χ1) is 6.94. The van der Waals surface area contributed by atoms with Crippen LogP contribution in [0.5, 0.6) is 11.5 Å². The van der Waals surface area contributed by atoms with Gasteiger partial charge in [-0.25, -0.2) is 0 Å². The SMILES string of the molecule is CCc1cc(OC)cc(OC(F)(F)F)c1. The zero-order valence-electron chi connectivity index (χ0n) is 8.39. The third kappa shape index (κ3) is 3.69. The van der Waals surface area contributed by atoms with Gasteiger partial charge in [0.05, 0.1) is 7.11 Å². The van der Waals surface area contributed by atoms with Gasteiger partial charge in [-0.05, 0) is 24.1 Å².